The topological polar surface area (TPSA) is 34.1 Å². The summed E-state index contributed by atoms with van der Waals surface area (Å²) < 4.78 is 5.34. The summed E-state index contributed by atoms with van der Waals surface area (Å²) in [5, 5.41) is 3.89. The van der Waals surface area contributed by atoms with Crippen LogP contribution in [0, 0.1) is 0 Å². The van der Waals surface area contributed by atoms with E-state index in [1.807, 2.05) is 12.1 Å². The Kier molecular flexibility index (Phi) is 2.78. The molecule has 4 heteroatoms. The van der Waals surface area contributed by atoms with Crippen LogP contribution in [0.25, 0.3) is 0 Å². The smallest absolute Gasteiger partial charge is 0.133 e. The SMILES string of the molecule is Clc1ncccc1[C@@H]1COCCN1. The highest BCUT2D eigenvalue weighted by molar-refractivity contribution is 6.30. The van der Waals surface area contributed by atoms with Crippen molar-refractivity contribution in [2.24, 2.45) is 0 Å². The molecule has 2 heterocycles. The quantitative estimate of drug-likeness (QED) is 0.693. The van der Waals surface area contributed by atoms with E-state index in [4.69, 9.17) is 16.3 Å². The number of nitrogens with one attached hydrogen (secondary N) is 1. The molecule has 0 spiro atoms. The van der Waals surface area contributed by atoms with E-state index in [0.717, 1.165) is 18.7 Å². The molecule has 1 N–H and O–H groups in total. The van der Waals surface area contributed by atoms with Gasteiger partial charge in [0, 0.05) is 18.3 Å². The molecule has 1 aliphatic heterocycles. The van der Waals surface area contributed by atoms with Crippen LogP contribution in [0.1, 0.15) is 11.6 Å². The molecule has 1 fully saturated rings. The Labute approximate surface area is 82.1 Å². The van der Waals surface area contributed by atoms with E-state index in [0.29, 0.717) is 11.8 Å². The van der Waals surface area contributed by atoms with Crippen molar-refractivity contribution >= 4 is 11.6 Å². The van der Waals surface area contributed by atoms with Crippen LogP contribution in [0.4, 0.5) is 0 Å². The summed E-state index contributed by atoms with van der Waals surface area (Å²) in [6, 6.07) is 4.05. The van der Waals surface area contributed by atoms with Gasteiger partial charge >= 0.3 is 0 Å². The lowest BCUT2D eigenvalue weighted by molar-refractivity contribution is 0.0768. The Bertz CT molecular complexity index is 287. The van der Waals surface area contributed by atoms with E-state index in [1.165, 1.54) is 0 Å². The molecule has 1 aromatic heterocycles. The first-order valence-corrected chi connectivity index (χ1v) is 4.67. The van der Waals surface area contributed by atoms with Crippen molar-refractivity contribution in [3.8, 4) is 0 Å². The van der Waals surface area contributed by atoms with Crippen molar-refractivity contribution in [3.63, 3.8) is 0 Å². The van der Waals surface area contributed by atoms with Crippen molar-refractivity contribution in [2.45, 2.75) is 6.04 Å². The van der Waals surface area contributed by atoms with Gasteiger partial charge in [-0.15, -0.1) is 0 Å². The summed E-state index contributed by atoms with van der Waals surface area (Å²) in [4.78, 5) is 4.02. The number of ether oxygens (including phenoxy) is 1. The first kappa shape index (κ1) is 8.94. The van der Waals surface area contributed by atoms with E-state index in [2.05, 4.69) is 10.3 Å². The lowest BCUT2D eigenvalue weighted by atomic mass is 10.1. The second-order valence-electron chi connectivity index (χ2n) is 2.97. The summed E-state index contributed by atoms with van der Waals surface area (Å²) in [5.41, 5.74) is 1.02. The van der Waals surface area contributed by atoms with Gasteiger partial charge in [-0.25, -0.2) is 4.98 Å². The number of pyridine rings is 1. The number of aromatic nitrogens is 1. The number of halogens is 1. The maximum absolute atomic E-state index is 5.95. The zero-order chi connectivity index (χ0) is 9.10. The van der Waals surface area contributed by atoms with Gasteiger partial charge in [-0.05, 0) is 6.07 Å². The molecule has 2 rings (SSSR count). The van der Waals surface area contributed by atoms with Gasteiger partial charge in [-0.2, -0.15) is 0 Å². The standard InChI is InChI=1S/C9H11ClN2O/c10-9-7(2-1-3-12-9)8-6-13-5-4-11-8/h1-3,8,11H,4-6H2/t8-/m0/s1. The number of hydrogen-bond acceptors (Lipinski definition) is 3. The summed E-state index contributed by atoms with van der Waals surface area (Å²) in [5.74, 6) is 0. The fourth-order valence-electron chi connectivity index (χ4n) is 1.42. The molecule has 0 amide bonds. The summed E-state index contributed by atoms with van der Waals surface area (Å²) >= 11 is 5.95. The van der Waals surface area contributed by atoms with Crippen LogP contribution in [0.3, 0.4) is 0 Å². The van der Waals surface area contributed by atoms with Gasteiger partial charge in [0.15, 0.2) is 0 Å². The highest BCUT2D eigenvalue weighted by Crippen LogP contribution is 2.21. The summed E-state index contributed by atoms with van der Waals surface area (Å²) in [6.45, 7) is 2.32. The van der Waals surface area contributed by atoms with E-state index < -0.39 is 0 Å². The third kappa shape index (κ3) is 1.99. The first-order valence-electron chi connectivity index (χ1n) is 4.29. The van der Waals surface area contributed by atoms with E-state index in [-0.39, 0.29) is 6.04 Å². The average Bonchev–Trinajstić information content (AvgIpc) is 2.20. The van der Waals surface area contributed by atoms with Gasteiger partial charge < -0.3 is 10.1 Å². The molecule has 0 aromatic carbocycles. The number of rotatable bonds is 1. The maximum Gasteiger partial charge on any atom is 0.133 e. The van der Waals surface area contributed by atoms with Crippen LogP contribution < -0.4 is 5.32 Å². The fourth-order valence-corrected chi connectivity index (χ4v) is 1.67. The largest absolute Gasteiger partial charge is 0.378 e. The van der Waals surface area contributed by atoms with Gasteiger partial charge in [-0.3, -0.25) is 0 Å². The maximum atomic E-state index is 5.95. The minimum atomic E-state index is 0.190. The molecular formula is C9H11ClN2O. The molecule has 0 bridgehead atoms. The monoisotopic (exact) mass is 198 g/mol. The van der Waals surface area contributed by atoms with Crippen molar-refractivity contribution in [2.75, 3.05) is 19.8 Å². The minimum Gasteiger partial charge on any atom is -0.378 e. The minimum absolute atomic E-state index is 0.190. The Hall–Kier alpha value is -0.640. The molecule has 13 heavy (non-hydrogen) atoms. The number of hydrogen-bond donors (Lipinski definition) is 1. The van der Waals surface area contributed by atoms with E-state index in [9.17, 15) is 0 Å². The van der Waals surface area contributed by atoms with Crippen LogP contribution in [0.15, 0.2) is 18.3 Å². The van der Waals surface area contributed by atoms with Crippen molar-refractivity contribution in [1.29, 1.82) is 0 Å². The lowest BCUT2D eigenvalue weighted by Crippen LogP contribution is -2.34. The van der Waals surface area contributed by atoms with Crippen LogP contribution >= 0.6 is 11.6 Å². The van der Waals surface area contributed by atoms with Crippen LogP contribution in [-0.2, 0) is 4.74 Å². The third-order valence-corrected chi connectivity index (χ3v) is 2.40. The van der Waals surface area contributed by atoms with Crippen LogP contribution in [-0.4, -0.2) is 24.7 Å². The van der Waals surface area contributed by atoms with Gasteiger partial charge in [0.2, 0.25) is 0 Å². The molecule has 0 unspecified atom stereocenters. The molecule has 0 saturated carbocycles. The van der Waals surface area contributed by atoms with Gasteiger partial charge in [0.05, 0.1) is 19.3 Å². The van der Waals surface area contributed by atoms with Crippen molar-refractivity contribution < 1.29 is 4.74 Å². The average molecular weight is 199 g/mol. The summed E-state index contributed by atoms with van der Waals surface area (Å²) in [6.07, 6.45) is 1.69. The zero-order valence-corrected chi connectivity index (χ0v) is 7.92. The third-order valence-electron chi connectivity index (χ3n) is 2.09. The Morgan fingerprint density at radius 1 is 1.62 bits per heavy atom. The highest BCUT2D eigenvalue weighted by Gasteiger charge is 2.17. The number of morpholine rings is 1. The van der Waals surface area contributed by atoms with Gasteiger partial charge in [0.1, 0.15) is 5.15 Å². The van der Waals surface area contributed by atoms with Crippen LogP contribution in [0.2, 0.25) is 5.15 Å². The highest BCUT2D eigenvalue weighted by atomic mass is 35.5. The van der Waals surface area contributed by atoms with Crippen LogP contribution in [0.5, 0.6) is 0 Å². The molecule has 1 aromatic rings. The lowest BCUT2D eigenvalue weighted by Gasteiger charge is -2.24. The first-order chi connectivity index (χ1) is 6.38. The molecule has 1 atom stereocenters. The predicted molar refractivity (Wildman–Crippen MR) is 50.8 cm³/mol. The van der Waals surface area contributed by atoms with Crippen molar-refractivity contribution in [1.82, 2.24) is 10.3 Å². The Balaban J connectivity index is 2.18. The fraction of sp³-hybridized carbons (Fsp3) is 0.444. The predicted octanol–water partition coefficient (Wildman–Crippen LogP) is 1.40. The molecular weight excluding hydrogens is 188 g/mol. The second-order valence-corrected chi connectivity index (χ2v) is 3.32. The van der Waals surface area contributed by atoms with Crippen molar-refractivity contribution in [3.05, 3.63) is 29.0 Å². The molecule has 70 valence electrons. The Morgan fingerprint density at radius 3 is 3.23 bits per heavy atom. The van der Waals surface area contributed by atoms with Gasteiger partial charge in [-0.1, -0.05) is 17.7 Å². The number of nitrogens with zero attached hydrogens (tertiary/aromatic N) is 1. The normalized spacial score (nSPS) is 23.0. The molecule has 0 radical (unpaired) electrons. The van der Waals surface area contributed by atoms with E-state index >= 15 is 0 Å². The zero-order valence-electron chi connectivity index (χ0n) is 7.16. The molecule has 3 nitrogen and oxygen atoms in total. The molecule has 0 aliphatic carbocycles. The molecule has 1 saturated heterocycles. The Morgan fingerprint density at radius 2 is 2.54 bits per heavy atom. The summed E-state index contributed by atoms with van der Waals surface area (Å²) in [7, 11) is 0. The second kappa shape index (κ2) is 4.05. The van der Waals surface area contributed by atoms with Gasteiger partial charge in [0.25, 0.3) is 0 Å². The van der Waals surface area contributed by atoms with E-state index in [1.54, 1.807) is 6.20 Å². The molecule has 1 aliphatic rings.